The third-order valence-electron chi connectivity index (χ3n) is 4.69. The first-order valence-corrected chi connectivity index (χ1v) is 9.12. The molecule has 0 saturated carbocycles. The van der Waals surface area contributed by atoms with Crippen molar-refractivity contribution in [2.45, 2.75) is 45.6 Å². The molecule has 1 aromatic heterocycles. The second-order valence-electron chi connectivity index (χ2n) is 6.44. The van der Waals surface area contributed by atoms with E-state index in [0.29, 0.717) is 22.6 Å². The number of rotatable bonds is 4. The number of aryl methyl sites for hydroxylation is 1. The number of carbonyl (C=O) groups is 1. The predicted octanol–water partition coefficient (Wildman–Crippen LogP) is 4.46. The molecule has 1 amide bonds. The first-order valence-electron chi connectivity index (χ1n) is 8.74. The molecule has 25 heavy (non-hydrogen) atoms. The van der Waals surface area contributed by atoms with Crippen LogP contribution in [-0.4, -0.2) is 28.5 Å². The van der Waals surface area contributed by atoms with E-state index in [1.54, 1.807) is 24.5 Å². The maximum absolute atomic E-state index is 12.4. The minimum Gasteiger partial charge on any atom is -0.338 e. The molecule has 0 spiro atoms. The van der Waals surface area contributed by atoms with Gasteiger partial charge in [0, 0.05) is 35.7 Å². The van der Waals surface area contributed by atoms with E-state index in [9.17, 15) is 4.79 Å². The van der Waals surface area contributed by atoms with Crippen LogP contribution in [0.2, 0.25) is 5.02 Å². The van der Waals surface area contributed by atoms with E-state index in [-0.39, 0.29) is 5.91 Å². The van der Waals surface area contributed by atoms with Gasteiger partial charge in [-0.25, -0.2) is 9.97 Å². The SMILES string of the molecule is CCC1CCCCN1c1ncc(C(=O)Nc2ccc(Cl)cc2C)cn1. The Hall–Kier alpha value is -2.14. The van der Waals surface area contributed by atoms with Crippen LogP contribution in [0.25, 0.3) is 0 Å². The topological polar surface area (TPSA) is 58.1 Å². The lowest BCUT2D eigenvalue weighted by molar-refractivity contribution is 0.102. The number of amides is 1. The number of benzene rings is 1. The predicted molar refractivity (Wildman–Crippen MR) is 101 cm³/mol. The first kappa shape index (κ1) is 17.7. The molecule has 1 atom stereocenters. The molecular weight excluding hydrogens is 336 g/mol. The zero-order valence-electron chi connectivity index (χ0n) is 14.6. The summed E-state index contributed by atoms with van der Waals surface area (Å²) < 4.78 is 0. The third kappa shape index (κ3) is 4.10. The molecule has 1 aromatic carbocycles. The summed E-state index contributed by atoms with van der Waals surface area (Å²) in [5.41, 5.74) is 2.10. The fraction of sp³-hybridized carbons (Fsp3) is 0.421. The molecule has 132 valence electrons. The van der Waals surface area contributed by atoms with Crippen LogP contribution >= 0.6 is 11.6 Å². The smallest absolute Gasteiger partial charge is 0.258 e. The molecule has 1 fully saturated rings. The molecule has 5 nitrogen and oxygen atoms in total. The Morgan fingerprint density at radius 2 is 2.08 bits per heavy atom. The van der Waals surface area contributed by atoms with Crippen LogP contribution in [0.15, 0.2) is 30.6 Å². The molecule has 3 rings (SSSR count). The highest BCUT2D eigenvalue weighted by atomic mass is 35.5. The lowest BCUT2D eigenvalue weighted by Gasteiger charge is -2.35. The number of piperidine rings is 1. The average Bonchev–Trinajstić information content (AvgIpc) is 2.64. The number of hydrogen-bond donors (Lipinski definition) is 1. The molecule has 2 heterocycles. The fourth-order valence-electron chi connectivity index (χ4n) is 3.24. The molecule has 1 saturated heterocycles. The Balaban J connectivity index is 1.72. The summed E-state index contributed by atoms with van der Waals surface area (Å²) >= 11 is 5.95. The van der Waals surface area contributed by atoms with Crippen LogP contribution in [-0.2, 0) is 0 Å². The number of anilines is 2. The van der Waals surface area contributed by atoms with Crippen molar-refractivity contribution in [2.75, 3.05) is 16.8 Å². The van der Waals surface area contributed by atoms with Crippen molar-refractivity contribution in [1.82, 2.24) is 9.97 Å². The van der Waals surface area contributed by atoms with Gasteiger partial charge in [-0.15, -0.1) is 0 Å². The van der Waals surface area contributed by atoms with Crippen LogP contribution in [0, 0.1) is 6.92 Å². The molecule has 6 heteroatoms. The van der Waals surface area contributed by atoms with Gasteiger partial charge >= 0.3 is 0 Å². The lowest BCUT2D eigenvalue weighted by Crippen LogP contribution is -2.40. The van der Waals surface area contributed by atoms with Gasteiger partial charge in [0.2, 0.25) is 5.95 Å². The van der Waals surface area contributed by atoms with Crippen molar-refractivity contribution in [1.29, 1.82) is 0 Å². The van der Waals surface area contributed by atoms with Gasteiger partial charge in [0.25, 0.3) is 5.91 Å². The Morgan fingerprint density at radius 3 is 2.76 bits per heavy atom. The van der Waals surface area contributed by atoms with E-state index in [0.717, 1.165) is 30.6 Å². The summed E-state index contributed by atoms with van der Waals surface area (Å²) in [5.74, 6) is 0.494. The highest BCUT2D eigenvalue weighted by molar-refractivity contribution is 6.30. The quantitative estimate of drug-likeness (QED) is 0.876. The van der Waals surface area contributed by atoms with Gasteiger partial charge in [-0.3, -0.25) is 4.79 Å². The normalized spacial score (nSPS) is 17.4. The van der Waals surface area contributed by atoms with E-state index in [1.807, 2.05) is 13.0 Å². The van der Waals surface area contributed by atoms with Gasteiger partial charge in [0.05, 0.1) is 5.56 Å². The minimum absolute atomic E-state index is 0.220. The monoisotopic (exact) mass is 358 g/mol. The maximum Gasteiger partial charge on any atom is 0.258 e. The Morgan fingerprint density at radius 1 is 1.32 bits per heavy atom. The highest BCUT2D eigenvalue weighted by Gasteiger charge is 2.23. The summed E-state index contributed by atoms with van der Waals surface area (Å²) in [5, 5.41) is 3.53. The van der Waals surface area contributed by atoms with Crippen LogP contribution in [0.5, 0.6) is 0 Å². The Kier molecular flexibility index (Phi) is 5.53. The fourth-order valence-corrected chi connectivity index (χ4v) is 3.46. The highest BCUT2D eigenvalue weighted by Crippen LogP contribution is 2.24. The van der Waals surface area contributed by atoms with Gasteiger partial charge in [-0.1, -0.05) is 18.5 Å². The number of halogens is 1. The van der Waals surface area contributed by atoms with Crippen molar-refractivity contribution in [2.24, 2.45) is 0 Å². The number of aromatic nitrogens is 2. The van der Waals surface area contributed by atoms with E-state index in [2.05, 4.69) is 27.1 Å². The van der Waals surface area contributed by atoms with E-state index >= 15 is 0 Å². The van der Waals surface area contributed by atoms with Crippen molar-refractivity contribution < 1.29 is 4.79 Å². The number of nitrogens with zero attached hydrogens (tertiary/aromatic N) is 3. The second kappa shape index (κ2) is 7.83. The van der Waals surface area contributed by atoms with Gasteiger partial charge in [0.1, 0.15) is 0 Å². The summed E-state index contributed by atoms with van der Waals surface area (Å²) in [6, 6.07) is 5.86. The molecule has 1 N–H and O–H groups in total. The van der Waals surface area contributed by atoms with Crippen molar-refractivity contribution in [3.05, 3.63) is 46.7 Å². The molecule has 0 aliphatic carbocycles. The summed E-state index contributed by atoms with van der Waals surface area (Å²) in [7, 11) is 0. The van der Waals surface area contributed by atoms with Crippen molar-refractivity contribution in [3.63, 3.8) is 0 Å². The van der Waals surface area contributed by atoms with Gasteiger partial charge in [-0.05, 0) is 56.4 Å². The largest absolute Gasteiger partial charge is 0.338 e. The van der Waals surface area contributed by atoms with Crippen LogP contribution in [0.1, 0.15) is 48.5 Å². The summed E-state index contributed by atoms with van der Waals surface area (Å²) in [6.45, 7) is 5.08. The molecule has 1 aliphatic rings. The molecular formula is C19H23ClN4O. The molecule has 1 unspecified atom stereocenters. The second-order valence-corrected chi connectivity index (χ2v) is 6.87. The number of hydrogen-bond acceptors (Lipinski definition) is 4. The summed E-state index contributed by atoms with van der Waals surface area (Å²) in [6.07, 6.45) is 7.89. The van der Waals surface area contributed by atoms with Gasteiger partial charge < -0.3 is 10.2 Å². The zero-order chi connectivity index (χ0) is 17.8. The molecule has 1 aliphatic heterocycles. The molecule has 2 aromatic rings. The van der Waals surface area contributed by atoms with Gasteiger partial charge in [-0.2, -0.15) is 0 Å². The van der Waals surface area contributed by atoms with E-state index in [4.69, 9.17) is 11.6 Å². The number of carbonyl (C=O) groups excluding carboxylic acids is 1. The zero-order valence-corrected chi connectivity index (χ0v) is 15.4. The Bertz CT molecular complexity index is 748. The lowest BCUT2D eigenvalue weighted by atomic mass is 10.0. The maximum atomic E-state index is 12.4. The molecule has 0 radical (unpaired) electrons. The van der Waals surface area contributed by atoms with Crippen LogP contribution in [0.4, 0.5) is 11.6 Å². The summed E-state index contributed by atoms with van der Waals surface area (Å²) in [4.78, 5) is 23.5. The van der Waals surface area contributed by atoms with Gasteiger partial charge in [0.15, 0.2) is 0 Å². The first-order chi connectivity index (χ1) is 12.1. The standard InChI is InChI=1S/C19H23ClN4O/c1-3-16-6-4-5-9-24(16)19-21-11-14(12-22-19)18(25)23-17-8-7-15(20)10-13(17)2/h7-8,10-12,16H,3-6,9H2,1-2H3,(H,23,25). The average molecular weight is 359 g/mol. The van der Waals surface area contributed by atoms with Crippen molar-refractivity contribution >= 4 is 29.1 Å². The molecule has 0 bridgehead atoms. The van der Waals surface area contributed by atoms with Crippen LogP contribution < -0.4 is 10.2 Å². The third-order valence-corrected chi connectivity index (χ3v) is 4.93. The Labute approximate surface area is 153 Å². The number of nitrogens with one attached hydrogen (secondary N) is 1. The van der Waals surface area contributed by atoms with E-state index in [1.165, 1.54) is 12.8 Å². The van der Waals surface area contributed by atoms with Crippen molar-refractivity contribution in [3.8, 4) is 0 Å². The van der Waals surface area contributed by atoms with E-state index < -0.39 is 0 Å². The minimum atomic E-state index is -0.220. The van der Waals surface area contributed by atoms with Crippen LogP contribution in [0.3, 0.4) is 0 Å².